The quantitative estimate of drug-likeness (QED) is 0.825. The Labute approximate surface area is 125 Å². The highest BCUT2D eigenvalue weighted by atomic mass is 79.9. The average molecular weight is 333 g/mol. The fourth-order valence-corrected chi connectivity index (χ4v) is 1.85. The van der Waals surface area contributed by atoms with Gasteiger partial charge in [-0.2, -0.15) is 0 Å². The largest absolute Gasteiger partial charge is 0.365 e. The van der Waals surface area contributed by atoms with Crippen molar-refractivity contribution in [3.05, 3.63) is 59.5 Å². The van der Waals surface area contributed by atoms with Crippen LogP contribution in [0.1, 0.15) is 10.5 Å². The Bertz CT molecular complexity index is 613. The number of aromatic nitrogens is 2. The molecule has 0 spiro atoms. The SMILES string of the molecule is C=CCNc1cnc(C(=O)Nc2ccccc2Br)cn1. The van der Waals surface area contributed by atoms with E-state index < -0.39 is 0 Å². The van der Waals surface area contributed by atoms with E-state index in [1.54, 1.807) is 12.1 Å². The van der Waals surface area contributed by atoms with Crippen LogP contribution < -0.4 is 10.6 Å². The van der Waals surface area contributed by atoms with E-state index in [0.29, 0.717) is 18.1 Å². The summed E-state index contributed by atoms with van der Waals surface area (Å²) >= 11 is 3.37. The van der Waals surface area contributed by atoms with Crippen molar-refractivity contribution in [1.82, 2.24) is 9.97 Å². The maximum atomic E-state index is 12.0. The minimum atomic E-state index is -0.306. The summed E-state index contributed by atoms with van der Waals surface area (Å²) in [4.78, 5) is 20.2. The Hall–Kier alpha value is -2.21. The molecule has 1 aromatic carbocycles. The van der Waals surface area contributed by atoms with Gasteiger partial charge in [-0.3, -0.25) is 4.79 Å². The number of amides is 1. The summed E-state index contributed by atoms with van der Waals surface area (Å²) in [7, 11) is 0. The number of hydrogen-bond donors (Lipinski definition) is 2. The third-order valence-corrected chi connectivity index (χ3v) is 3.13. The van der Waals surface area contributed by atoms with Crippen LogP contribution in [0.15, 0.2) is 53.8 Å². The van der Waals surface area contributed by atoms with E-state index in [2.05, 4.69) is 43.1 Å². The van der Waals surface area contributed by atoms with Gasteiger partial charge in [-0.05, 0) is 28.1 Å². The normalized spacial score (nSPS) is 9.85. The number of nitrogens with one attached hydrogen (secondary N) is 2. The summed E-state index contributed by atoms with van der Waals surface area (Å²) in [5.74, 6) is 0.294. The number of rotatable bonds is 5. The molecule has 2 rings (SSSR count). The van der Waals surface area contributed by atoms with Crippen LogP contribution in [0.5, 0.6) is 0 Å². The molecule has 0 bridgehead atoms. The van der Waals surface area contributed by atoms with Gasteiger partial charge < -0.3 is 10.6 Å². The fourth-order valence-electron chi connectivity index (χ4n) is 1.46. The number of para-hydroxylation sites is 1. The van der Waals surface area contributed by atoms with Crippen molar-refractivity contribution in [2.45, 2.75) is 0 Å². The van der Waals surface area contributed by atoms with Crippen LogP contribution in [-0.4, -0.2) is 22.4 Å². The molecule has 20 heavy (non-hydrogen) atoms. The molecular formula is C14H13BrN4O. The Kier molecular flexibility index (Phi) is 4.84. The number of carbonyl (C=O) groups excluding carboxylic acids is 1. The van der Waals surface area contributed by atoms with E-state index >= 15 is 0 Å². The summed E-state index contributed by atoms with van der Waals surface area (Å²) in [5.41, 5.74) is 0.943. The molecule has 6 heteroatoms. The molecule has 0 aliphatic rings. The van der Waals surface area contributed by atoms with Gasteiger partial charge in [0.1, 0.15) is 11.5 Å². The summed E-state index contributed by atoms with van der Waals surface area (Å²) < 4.78 is 0.811. The number of carbonyl (C=O) groups is 1. The van der Waals surface area contributed by atoms with Crippen molar-refractivity contribution in [3.63, 3.8) is 0 Å². The highest BCUT2D eigenvalue weighted by Crippen LogP contribution is 2.21. The first-order valence-electron chi connectivity index (χ1n) is 5.93. The molecule has 1 heterocycles. The number of hydrogen-bond acceptors (Lipinski definition) is 4. The molecule has 0 unspecified atom stereocenters. The molecule has 0 atom stereocenters. The van der Waals surface area contributed by atoms with Crippen molar-refractivity contribution in [2.24, 2.45) is 0 Å². The first-order valence-corrected chi connectivity index (χ1v) is 6.72. The standard InChI is InChI=1S/C14H13BrN4O/c1-2-7-16-13-9-17-12(8-18-13)14(20)19-11-6-4-3-5-10(11)15/h2-6,8-9H,1,7H2,(H,16,18)(H,19,20). The molecular weight excluding hydrogens is 320 g/mol. The van der Waals surface area contributed by atoms with E-state index in [-0.39, 0.29) is 11.6 Å². The third kappa shape index (κ3) is 3.64. The van der Waals surface area contributed by atoms with Gasteiger partial charge >= 0.3 is 0 Å². The van der Waals surface area contributed by atoms with Crippen LogP contribution in [0.3, 0.4) is 0 Å². The van der Waals surface area contributed by atoms with Crippen molar-refractivity contribution in [2.75, 3.05) is 17.2 Å². The van der Waals surface area contributed by atoms with Gasteiger partial charge in [0.05, 0.1) is 18.1 Å². The molecule has 102 valence electrons. The molecule has 2 aromatic rings. The van der Waals surface area contributed by atoms with E-state index in [0.717, 1.165) is 4.47 Å². The maximum Gasteiger partial charge on any atom is 0.275 e. The molecule has 0 aliphatic carbocycles. The van der Waals surface area contributed by atoms with Gasteiger partial charge in [-0.15, -0.1) is 6.58 Å². The van der Waals surface area contributed by atoms with Crippen LogP contribution in [0.25, 0.3) is 0 Å². The van der Waals surface area contributed by atoms with Gasteiger partial charge in [0.2, 0.25) is 0 Å². The first kappa shape index (κ1) is 14.2. The topological polar surface area (TPSA) is 66.9 Å². The lowest BCUT2D eigenvalue weighted by Crippen LogP contribution is -2.14. The zero-order valence-electron chi connectivity index (χ0n) is 10.6. The van der Waals surface area contributed by atoms with Crippen LogP contribution in [0, 0.1) is 0 Å². The number of halogens is 1. The van der Waals surface area contributed by atoms with Crippen LogP contribution >= 0.6 is 15.9 Å². The predicted molar refractivity (Wildman–Crippen MR) is 82.8 cm³/mol. The van der Waals surface area contributed by atoms with Crippen molar-refractivity contribution < 1.29 is 4.79 Å². The number of anilines is 2. The Balaban J connectivity index is 2.06. The molecule has 1 aromatic heterocycles. The average Bonchev–Trinajstić information content (AvgIpc) is 2.48. The molecule has 0 radical (unpaired) electrons. The summed E-state index contributed by atoms with van der Waals surface area (Å²) in [6.45, 7) is 4.19. The minimum Gasteiger partial charge on any atom is -0.365 e. The zero-order valence-corrected chi connectivity index (χ0v) is 12.2. The summed E-state index contributed by atoms with van der Waals surface area (Å²) in [6, 6.07) is 7.37. The molecule has 1 amide bonds. The van der Waals surface area contributed by atoms with Gasteiger partial charge in [-0.25, -0.2) is 9.97 Å². The zero-order chi connectivity index (χ0) is 14.4. The van der Waals surface area contributed by atoms with E-state index in [9.17, 15) is 4.79 Å². The fraction of sp³-hybridized carbons (Fsp3) is 0.0714. The van der Waals surface area contributed by atoms with Gasteiger partial charge in [0.25, 0.3) is 5.91 Å². The van der Waals surface area contributed by atoms with Crippen molar-refractivity contribution in [1.29, 1.82) is 0 Å². The third-order valence-electron chi connectivity index (χ3n) is 2.43. The lowest BCUT2D eigenvalue weighted by Gasteiger charge is -2.07. The summed E-state index contributed by atoms with van der Waals surface area (Å²) in [6.07, 6.45) is 4.66. The molecule has 2 N–H and O–H groups in total. The minimum absolute atomic E-state index is 0.255. The van der Waals surface area contributed by atoms with Gasteiger partial charge in [-0.1, -0.05) is 18.2 Å². The van der Waals surface area contributed by atoms with Crippen molar-refractivity contribution in [3.8, 4) is 0 Å². The highest BCUT2D eigenvalue weighted by Gasteiger charge is 2.09. The lowest BCUT2D eigenvalue weighted by atomic mass is 10.3. The van der Waals surface area contributed by atoms with Crippen LogP contribution in [0.2, 0.25) is 0 Å². The number of nitrogens with zero attached hydrogens (tertiary/aromatic N) is 2. The van der Waals surface area contributed by atoms with Gasteiger partial charge in [0, 0.05) is 11.0 Å². The molecule has 0 saturated carbocycles. The van der Waals surface area contributed by atoms with E-state index in [4.69, 9.17) is 0 Å². The van der Waals surface area contributed by atoms with E-state index in [1.807, 2.05) is 18.2 Å². The second kappa shape index (κ2) is 6.81. The second-order valence-electron chi connectivity index (χ2n) is 3.89. The monoisotopic (exact) mass is 332 g/mol. The molecule has 0 aliphatic heterocycles. The smallest absolute Gasteiger partial charge is 0.275 e. The Morgan fingerprint density at radius 2 is 2.10 bits per heavy atom. The summed E-state index contributed by atoms with van der Waals surface area (Å²) in [5, 5.41) is 5.75. The highest BCUT2D eigenvalue weighted by molar-refractivity contribution is 9.10. The van der Waals surface area contributed by atoms with Crippen LogP contribution in [-0.2, 0) is 0 Å². The second-order valence-corrected chi connectivity index (χ2v) is 4.74. The first-order chi connectivity index (χ1) is 9.70. The van der Waals surface area contributed by atoms with Crippen molar-refractivity contribution >= 4 is 33.3 Å². The Morgan fingerprint density at radius 1 is 1.30 bits per heavy atom. The molecule has 5 nitrogen and oxygen atoms in total. The molecule has 0 saturated heterocycles. The van der Waals surface area contributed by atoms with E-state index in [1.165, 1.54) is 12.4 Å². The Morgan fingerprint density at radius 3 is 2.75 bits per heavy atom. The maximum absolute atomic E-state index is 12.0. The lowest BCUT2D eigenvalue weighted by molar-refractivity contribution is 0.102. The van der Waals surface area contributed by atoms with Gasteiger partial charge in [0.15, 0.2) is 0 Å². The molecule has 0 fully saturated rings. The van der Waals surface area contributed by atoms with Crippen LogP contribution in [0.4, 0.5) is 11.5 Å². The number of benzene rings is 1. The predicted octanol–water partition coefficient (Wildman–Crippen LogP) is 3.09.